The lowest BCUT2D eigenvalue weighted by Crippen LogP contribution is -2.23. The molecule has 2 aromatic carbocycles. The van der Waals surface area contributed by atoms with Crippen molar-refractivity contribution in [2.45, 2.75) is 31.4 Å². The Balaban J connectivity index is 1.46. The minimum absolute atomic E-state index is 0.0771. The smallest absolute Gasteiger partial charge is 0.248 e. The molecule has 0 spiro atoms. The molecule has 0 radical (unpaired) electrons. The summed E-state index contributed by atoms with van der Waals surface area (Å²) in [5.41, 5.74) is 2.82. The summed E-state index contributed by atoms with van der Waals surface area (Å²) < 4.78 is 11.7. The van der Waals surface area contributed by atoms with Gasteiger partial charge in [-0.3, -0.25) is 9.69 Å². The number of hydrogen-bond donors (Lipinski definition) is 2. The van der Waals surface area contributed by atoms with E-state index in [-0.39, 0.29) is 18.1 Å². The number of aromatic nitrogens is 2. The van der Waals surface area contributed by atoms with Crippen LogP contribution in [0.4, 0.5) is 17.2 Å². The molecule has 2 atom stereocenters. The number of carbonyl (C=O) groups excluding carboxylic acids is 1. The van der Waals surface area contributed by atoms with Gasteiger partial charge in [0.25, 0.3) is 0 Å². The first-order valence-electron chi connectivity index (χ1n) is 12.2. The van der Waals surface area contributed by atoms with Crippen molar-refractivity contribution < 1.29 is 14.3 Å². The Hall–Kier alpha value is -3.93. The molecule has 3 aromatic rings. The van der Waals surface area contributed by atoms with Gasteiger partial charge in [0.15, 0.2) is 0 Å². The van der Waals surface area contributed by atoms with Gasteiger partial charge in [0.1, 0.15) is 24.0 Å². The summed E-state index contributed by atoms with van der Waals surface area (Å²) in [4.78, 5) is 24.0. The van der Waals surface area contributed by atoms with Crippen LogP contribution in [-0.4, -0.2) is 59.7 Å². The quantitative estimate of drug-likeness (QED) is 0.386. The number of benzene rings is 2. The summed E-state index contributed by atoms with van der Waals surface area (Å²) in [6.45, 7) is 2.22. The second kappa shape index (κ2) is 10.8. The number of amides is 1. The van der Waals surface area contributed by atoms with Crippen LogP contribution in [0.25, 0.3) is 10.9 Å². The maximum absolute atomic E-state index is 12.9. The molecule has 1 aromatic heterocycles. The SMILES string of the molecule is C#Cc1cccc(Nc2ncnc3cc(O[C@H]4CCOC4)c(NC(=O)/C=C/C4CCCN4C)cc23)c1. The van der Waals surface area contributed by atoms with E-state index in [1.807, 2.05) is 42.5 Å². The molecule has 0 aliphatic carbocycles. The lowest BCUT2D eigenvalue weighted by molar-refractivity contribution is -0.112. The molecule has 0 bridgehead atoms. The van der Waals surface area contributed by atoms with Crippen LogP contribution in [-0.2, 0) is 9.53 Å². The second-order valence-corrected chi connectivity index (χ2v) is 9.08. The first kappa shape index (κ1) is 23.8. The van der Waals surface area contributed by atoms with Crippen molar-refractivity contribution in [3.8, 4) is 18.1 Å². The van der Waals surface area contributed by atoms with Crippen LogP contribution in [0.5, 0.6) is 5.75 Å². The van der Waals surface area contributed by atoms with Crippen LogP contribution in [0.2, 0.25) is 0 Å². The highest BCUT2D eigenvalue weighted by molar-refractivity contribution is 6.03. The van der Waals surface area contributed by atoms with E-state index in [4.69, 9.17) is 15.9 Å². The summed E-state index contributed by atoms with van der Waals surface area (Å²) in [6.07, 6.45) is 13.5. The number of ether oxygens (including phenoxy) is 2. The minimum Gasteiger partial charge on any atom is -0.486 e. The number of anilines is 3. The fraction of sp³-hybridized carbons (Fsp3) is 0.321. The van der Waals surface area contributed by atoms with Crippen molar-refractivity contribution in [3.05, 3.63) is 60.4 Å². The van der Waals surface area contributed by atoms with Crippen molar-refractivity contribution in [1.29, 1.82) is 0 Å². The van der Waals surface area contributed by atoms with Crippen LogP contribution in [0.15, 0.2) is 54.9 Å². The van der Waals surface area contributed by atoms with E-state index in [2.05, 4.69) is 38.5 Å². The van der Waals surface area contributed by atoms with Gasteiger partial charge in [0, 0.05) is 41.2 Å². The van der Waals surface area contributed by atoms with E-state index in [0.29, 0.717) is 36.0 Å². The van der Waals surface area contributed by atoms with Gasteiger partial charge in [0.2, 0.25) is 5.91 Å². The van der Waals surface area contributed by atoms with Crippen LogP contribution < -0.4 is 15.4 Å². The Labute approximate surface area is 210 Å². The fourth-order valence-electron chi connectivity index (χ4n) is 4.54. The topological polar surface area (TPSA) is 88.6 Å². The monoisotopic (exact) mass is 483 g/mol. The number of carbonyl (C=O) groups is 1. The molecule has 3 heterocycles. The molecule has 2 fully saturated rings. The molecule has 2 aliphatic rings. The number of nitrogens with zero attached hydrogens (tertiary/aromatic N) is 3. The van der Waals surface area contributed by atoms with Crippen molar-refractivity contribution in [2.24, 2.45) is 0 Å². The molecule has 8 heteroatoms. The number of terminal acetylenes is 1. The molecule has 2 aliphatic heterocycles. The molecular formula is C28H29N5O3. The van der Waals surface area contributed by atoms with Crippen LogP contribution in [0, 0.1) is 12.3 Å². The van der Waals surface area contributed by atoms with Crippen molar-refractivity contribution in [1.82, 2.24) is 14.9 Å². The minimum atomic E-state index is -0.213. The first-order valence-corrected chi connectivity index (χ1v) is 12.2. The van der Waals surface area contributed by atoms with E-state index < -0.39 is 0 Å². The van der Waals surface area contributed by atoms with Crippen molar-refractivity contribution in [2.75, 3.05) is 37.4 Å². The fourth-order valence-corrected chi connectivity index (χ4v) is 4.54. The number of nitrogens with one attached hydrogen (secondary N) is 2. The maximum Gasteiger partial charge on any atom is 0.248 e. The van der Waals surface area contributed by atoms with Gasteiger partial charge in [-0.25, -0.2) is 9.97 Å². The Morgan fingerprint density at radius 2 is 2.19 bits per heavy atom. The number of likely N-dealkylation sites (tertiary alicyclic amines) is 1. The van der Waals surface area contributed by atoms with Gasteiger partial charge in [0.05, 0.1) is 24.4 Å². The zero-order valence-corrected chi connectivity index (χ0v) is 20.2. The summed E-state index contributed by atoms with van der Waals surface area (Å²) in [6, 6.07) is 11.5. The molecule has 1 unspecified atom stereocenters. The van der Waals surface area contributed by atoms with E-state index >= 15 is 0 Å². The second-order valence-electron chi connectivity index (χ2n) is 9.08. The highest BCUT2D eigenvalue weighted by Crippen LogP contribution is 2.34. The summed E-state index contributed by atoms with van der Waals surface area (Å²) in [5.74, 6) is 3.58. The zero-order chi connectivity index (χ0) is 24.9. The molecule has 2 saturated heterocycles. The lowest BCUT2D eigenvalue weighted by Gasteiger charge is -2.18. The molecule has 8 nitrogen and oxygen atoms in total. The summed E-state index contributed by atoms with van der Waals surface area (Å²) in [7, 11) is 2.08. The predicted octanol–water partition coefficient (Wildman–Crippen LogP) is 4.11. The molecule has 184 valence electrons. The largest absolute Gasteiger partial charge is 0.486 e. The predicted molar refractivity (Wildman–Crippen MR) is 140 cm³/mol. The number of rotatable bonds is 7. The Bertz CT molecular complexity index is 1330. The average molecular weight is 484 g/mol. The molecule has 36 heavy (non-hydrogen) atoms. The molecule has 1 amide bonds. The van der Waals surface area contributed by atoms with Gasteiger partial charge >= 0.3 is 0 Å². The van der Waals surface area contributed by atoms with Gasteiger partial charge in [-0.15, -0.1) is 6.42 Å². The molecule has 0 saturated carbocycles. The summed E-state index contributed by atoms with van der Waals surface area (Å²) in [5, 5.41) is 7.07. The van der Waals surface area contributed by atoms with Gasteiger partial charge in [-0.05, 0) is 50.7 Å². The third-order valence-electron chi connectivity index (χ3n) is 6.51. The first-order chi connectivity index (χ1) is 17.6. The Morgan fingerprint density at radius 3 is 2.97 bits per heavy atom. The van der Waals surface area contributed by atoms with E-state index in [9.17, 15) is 4.79 Å². The Kier molecular flexibility index (Phi) is 7.12. The zero-order valence-electron chi connectivity index (χ0n) is 20.2. The Morgan fingerprint density at radius 1 is 1.28 bits per heavy atom. The average Bonchev–Trinajstić information content (AvgIpc) is 3.55. The van der Waals surface area contributed by atoms with E-state index in [1.54, 1.807) is 6.08 Å². The van der Waals surface area contributed by atoms with Gasteiger partial charge in [-0.2, -0.15) is 0 Å². The van der Waals surface area contributed by atoms with Crippen LogP contribution >= 0.6 is 0 Å². The summed E-state index contributed by atoms with van der Waals surface area (Å²) >= 11 is 0. The molecule has 5 rings (SSSR count). The maximum atomic E-state index is 12.9. The normalized spacial score (nSPS) is 20.0. The highest BCUT2D eigenvalue weighted by atomic mass is 16.5. The third kappa shape index (κ3) is 5.48. The van der Waals surface area contributed by atoms with Crippen molar-refractivity contribution >= 4 is 34.0 Å². The van der Waals surface area contributed by atoms with Gasteiger partial charge in [-0.1, -0.05) is 18.1 Å². The van der Waals surface area contributed by atoms with E-state index in [0.717, 1.165) is 42.4 Å². The third-order valence-corrected chi connectivity index (χ3v) is 6.51. The highest BCUT2D eigenvalue weighted by Gasteiger charge is 2.21. The van der Waals surface area contributed by atoms with Crippen LogP contribution in [0.3, 0.4) is 0 Å². The van der Waals surface area contributed by atoms with Crippen molar-refractivity contribution in [3.63, 3.8) is 0 Å². The van der Waals surface area contributed by atoms with E-state index in [1.165, 1.54) is 6.33 Å². The van der Waals surface area contributed by atoms with Crippen LogP contribution in [0.1, 0.15) is 24.8 Å². The molecular weight excluding hydrogens is 454 g/mol. The number of hydrogen-bond acceptors (Lipinski definition) is 7. The molecule has 2 N–H and O–H groups in total. The van der Waals surface area contributed by atoms with Gasteiger partial charge < -0.3 is 20.1 Å². The number of likely N-dealkylation sites (N-methyl/N-ethyl adjacent to an activating group) is 1. The standard InChI is InChI=1S/C28H29N5O3/c1-3-19-6-4-7-20(14-19)31-28-23-15-25(32-27(34)10-9-21-8-5-12-33(21)2)26(16-24(23)29-18-30-28)36-22-11-13-35-17-22/h1,4,6-7,9-10,14-16,18,21-22H,5,8,11-13,17H2,2H3,(H,32,34)(H,29,30,31)/b10-9+/t21?,22-/m0/s1. The number of fused-ring (bicyclic) bond motifs is 1. The lowest BCUT2D eigenvalue weighted by atomic mass is 10.1.